The number of carbonyl (C=O) groups is 1. The predicted octanol–water partition coefficient (Wildman–Crippen LogP) is 2.64. The summed E-state index contributed by atoms with van der Waals surface area (Å²) >= 11 is 0. The second kappa shape index (κ2) is 5.59. The van der Waals surface area contributed by atoms with E-state index in [0.717, 1.165) is 6.42 Å². The van der Waals surface area contributed by atoms with Crippen molar-refractivity contribution in [1.82, 2.24) is 4.57 Å². The zero-order valence-electron chi connectivity index (χ0n) is 9.64. The second-order valence-electron chi connectivity index (χ2n) is 3.71. The van der Waals surface area contributed by atoms with Crippen LogP contribution in [0.15, 0.2) is 24.5 Å². The van der Waals surface area contributed by atoms with E-state index in [4.69, 9.17) is 4.74 Å². The number of ether oxygens (including phenoxy) is 1. The van der Waals surface area contributed by atoms with E-state index in [0.29, 0.717) is 6.61 Å². The van der Waals surface area contributed by atoms with Gasteiger partial charge in [-0.3, -0.25) is 0 Å². The SMILES string of the molecule is CCOC(=O)C(C(C)CC)n1cccc1. The van der Waals surface area contributed by atoms with Crippen LogP contribution in [0, 0.1) is 5.92 Å². The highest BCUT2D eigenvalue weighted by atomic mass is 16.5. The van der Waals surface area contributed by atoms with Gasteiger partial charge in [-0.05, 0) is 25.0 Å². The molecule has 0 amide bonds. The van der Waals surface area contributed by atoms with Crippen LogP contribution in [0.1, 0.15) is 33.2 Å². The van der Waals surface area contributed by atoms with Crippen LogP contribution < -0.4 is 0 Å². The molecule has 0 aliphatic carbocycles. The third-order valence-electron chi connectivity index (χ3n) is 2.66. The number of aromatic nitrogens is 1. The molecule has 0 aliphatic heterocycles. The van der Waals surface area contributed by atoms with Gasteiger partial charge < -0.3 is 9.30 Å². The van der Waals surface area contributed by atoms with E-state index in [1.807, 2.05) is 36.0 Å². The lowest BCUT2D eigenvalue weighted by Crippen LogP contribution is -2.26. The average Bonchev–Trinajstić information content (AvgIpc) is 2.71. The van der Waals surface area contributed by atoms with E-state index in [2.05, 4.69) is 13.8 Å². The molecule has 0 saturated heterocycles. The van der Waals surface area contributed by atoms with Gasteiger partial charge >= 0.3 is 5.97 Å². The first-order chi connectivity index (χ1) is 7.20. The number of esters is 1. The summed E-state index contributed by atoms with van der Waals surface area (Å²) < 4.78 is 7.01. The van der Waals surface area contributed by atoms with Gasteiger partial charge in [-0.25, -0.2) is 4.79 Å². The minimum atomic E-state index is -0.190. The lowest BCUT2D eigenvalue weighted by atomic mass is 9.99. The molecule has 1 aromatic heterocycles. The Kier molecular flexibility index (Phi) is 4.40. The van der Waals surface area contributed by atoms with Gasteiger partial charge in [0.1, 0.15) is 6.04 Å². The number of hydrogen-bond acceptors (Lipinski definition) is 2. The van der Waals surface area contributed by atoms with Crippen LogP contribution in [-0.2, 0) is 9.53 Å². The molecule has 15 heavy (non-hydrogen) atoms. The Morgan fingerprint density at radius 2 is 1.93 bits per heavy atom. The molecule has 2 unspecified atom stereocenters. The first-order valence-corrected chi connectivity index (χ1v) is 5.49. The summed E-state index contributed by atoms with van der Waals surface area (Å²) in [5.41, 5.74) is 0. The van der Waals surface area contributed by atoms with Crippen LogP contribution in [0.25, 0.3) is 0 Å². The zero-order chi connectivity index (χ0) is 11.3. The average molecular weight is 209 g/mol. The minimum Gasteiger partial charge on any atom is -0.464 e. The van der Waals surface area contributed by atoms with E-state index >= 15 is 0 Å². The second-order valence-corrected chi connectivity index (χ2v) is 3.71. The standard InChI is InChI=1S/C12H19NO2/c1-4-10(3)11(12(14)15-5-2)13-8-6-7-9-13/h6-11H,4-5H2,1-3H3. The summed E-state index contributed by atoms with van der Waals surface area (Å²) in [6, 6.07) is 3.66. The molecule has 0 saturated carbocycles. The third kappa shape index (κ3) is 2.85. The van der Waals surface area contributed by atoms with Crippen molar-refractivity contribution in [1.29, 1.82) is 0 Å². The Morgan fingerprint density at radius 3 is 2.40 bits per heavy atom. The summed E-state index contributed by atoms with van der Waals surface area (Å²) in [6.07, 6.45) is 4.78. The van der Waals surface area contributed by atoms with Gasteiger partial charge in [0.25, 0.3) is 0 Å². The molecule has 84 valence electrons. The summed E-state index contributed by atoms with van der Waals surface area (Å²) in [5, 5.41) is 0. The highest BCUT2D eigenvalue weighted by Crippen LogP contribution is 2.22. The molecule has 0 aromatic carbocycles. The van der Waals surface area contributed by atoms with Gasteiger partial charge in [-0.1, -0.05) is 20.3 Å². The van der Waals surface area contributed by atoms with Gasteiger partial charge in [0, 0.05) is 12.4 Å². The van der Waals surface area contributed by atoms with Crippen LogP contribution in [-0.4, -0.2) is 17.1 Å². The highest BCUT2D eigenvalue weighted by molar-refractivity contribution is 5.74. The topological polar surface area (TPSA) is 31.2 Å². The van der Waals surface area contributed by atoms with Crippen molar-refractivity contribution in [3.8, 4) is 0 Å². The molecule has 1 heterocycles. The Morgan fingerprint density at radius 1 is 1.33 bits per heavy atom. The van der Waals surface area contributed by atoms with Gasteiger partial charge in [0.05, 0.1) is 6.61 Å². The molecule has 0 aliphatic rings. The van der Waals surface area contributed by atoms with E-state index in [-0.39, 0.29) is 17.9 Å². The Hall–Kier alpha value is -1.25. The van der Waals surface area contributed by atoms with E-state index in [1.165, 1.54) is 0 Å². The maximum absolute atomic E-state index is 11.8. The number of hydrogen-bond donors (Lipinski definition) is 0. The van der Waals surface area contributed by atoms with Crippen molar-refractivity contribution >= 4 is 5.97 Å². The molecule has 0 radical (unpaired) electrons. The first-order valence-electron chi connectivity index (χ1n) is 5.49. The molecule has 2 atom stereocenters. The highest BCUT2D eigenvalue weighted by Gasteiger charge is 2.26. The smallest absolute Gasteiger partial charge is 0.329 e. The maximum Gasteiger partial charge on any atom is 0.329 e. The van der Waals surface area contributed by atoms with Crippen molar-refractivity contribution in [3.63, 3.8) is 0 Å². The normalized spacial score (nSPS) is 14.6. The van der Waals surface area contributed by atoms with Crippen LogP contribution in [0.3, 0.4) is 0 Å². The fourth-order valence-electron chi connectivity index (χ4n) is 1.63. The monoisotopic (exact) mass is 209 g/mol. The minimum absolute atomic E-state index is 0.136. The molecule has 0 spiro atoms. The Bertz CT molecular complexity index is 293. The Balaban J connectivity index is 2.83. The van der Waals surface area contributed by atoms with Crippen molar-refractivity contribution in [3.05, 3.63) is 24.5 Å². The molecule has 0 fully saturated rings. The fourth-order valence-corrected chi connectivity index (χ4v) is 1.63. The van der Waals surface area contributed by atoms with Crippen molar-refractivity contribution < 1.29 is 9.53 Å². The van der Waals surface area contributed by atoms with Crippen LogP contribution in [0.4, 0.5) is 0 Å². The number of nitrogens with zero attached hydrogens (tertiary/aromatic N) is 1. The van der Waals surface area contributed by atoms with Crippen molar-refractivity contribution in [2.24, 2.45) is 5.92 Å². The molecule has 3 heteroatoms. The van der Waals surface area contributed by atoms with Crippen molar-refractivity contribution in [2.75, 3.05) is 6.61 Å². The van der Waals surface area contributed by atoms with Gasteiger partial charge in [0.15, 0.2) is 0 Å². The van der Waals surface area contributed by atoms with Crippen molar-refractivity contribution in [2.45, 2.75) is 33.2 Å². The van der Waals surface area contributed by atoms with Gasteiger partial charge in [0.2, 0.25) is 0 Å². The lowest BCUT2D eigenvalue weighted by molar-refractivity contribution is -0.148. The lowest BCUT2D eigenvalue weighted by Gasteiger charge is -2.22. The van der Waals surface area contributed by atoms with E-state index in [9.17, 15) is 4.79 Å². The van der Waals surface area contributed by atoms with Crippen LogP contribution in [0.2, 0.25) is 0 Å². The third-order valence-corrected chi connectivity index (χ3v) is 2.66. The molecular weight excluding hydrogens is 190 g/mol. The molecule has 0 bridgehead atoms. The summed E-state index contributed by atoms with van der Waals surface area (Å²) in [7, 11) is 0. The summed E-state index contributed by atoms with van der Waals surface area (Å²) in [6.45, 7) is 6.43. The molecule has 1 aromatic rings. The van der Waals surface area contributed by atoms with Crippen LogP contribution in [0.5, 0.6) is 0 Å². The van der Waals surface area contributed by atoms with Crippen LogP contribution >= 0.6 is 0 Å². The number of rotatable bonds is 5. The molecule has 1 rings (SSSR count). The van der Waals surface area contributed by atoms with Gasteiger partial charge in [-0.2, -0.15) is 0 Å². The summed E-state index contributed by atoms with van der Waals surface area (Å²) in [4.78, 5) is 11.8. The quantitative estimate of drug-likeness (QED) is 0.698. The van der Waals surface area contributed by atoms with Gasteiger partial charge in [-0.15, -0.1) is 0 Å². The fraction of sp³-hybridized carbons (Fsp3) is 0.583. The Labute approximate surface area is 91.0 Å². The first kappa shape index (κ1) is 11.8. The predicted molar refractivity (Wildman–Crippen MR) is 59.6 cm³/mol. The van der Waals surface area contributed by atoms with E-state index in [1.54, 1.807) is 0 Å². The number of carbonyl (C=O) groups excluding carboxylic acids is 1. The maximum atomic E-state index is 11.8. The van der Waals surface area contributed by atoms with E-state index < -0.39 is 0 Å². The molecular formula is C12H19NO2. The summed E-state index contributed by atoms with van der Waals surface area (Å²) in [5.74, 6) is 0.152. The largest absolute Gasteiger partial charge is 0.464 e. The zero-order valence-corrected chi connectivity index (χ0v) is 9.64. The molecule has 0 N–H and O–H groups in total. The molecule has 3 nitrogen and oxygen atoms in total.